The van der Waals surface area contributed by atoms with E-state index in [1.165, 1.54) is 0 Å². The van der Waals surface area contributed by atoms with Crippen molar-refractivity contribution < 1.29 is 30.4 Å². The van der Waals surface area contributed by atoms with Crippen LogP contribution < -0.4 is 5.14 Å². The number of primary sulfonamides is 1. The van der Waals surface area contributed by atoms with Crippen LogP contribution in [0.3, 0.4) is 0 Å². The molecule has 0 saturated heterocycles. The Balaban J connectivity index is 3.49. The Morgan fingerprint density at radius 2 is 1.82 bits per heavy atom. The molecule has 0 bridgehead atoms. The van der Waals surface area contributed by atoms with E-state index < -0.39 is 38.8 Å². The Morgan fingerprint density at radius 1 is 1.29 bits per heavy atom. The summed E-state index contributed by atoms with van der Waals surface area (Å²) in [5, 5.41) is 4.57. The molecule has 1 rings (SSSR count). The summed E-state index contributed by atoms with van der Waals surface area (Å²) in [6, 6.07) is -0.0373. The van der Waals surface area contributed by atoms with Crippen molar-refractivity contribution in [2.24, 2.45) is 5.14 Å². The summed E-state index contributed by atoms with van der Waals surface area (Å²) in [6.07, 6.45) is -8.19. The van der Waals surface area contributed by atoms with E-state index in [0.29, 0.717) is 0 Å². The summed E-state index contributed by atoms with van der Waals surface area (Å²) in [4.78, 5) is 1.62. The maximum Gasteiger partial charge on any atom is 0.433 e. The van der Waals surface area contributed by atoms with Gasteiger partial charge in [0.2, 0.25) is 10.0 Å². The molecule has 0 radical (unpaired) electrons. The van der Waals surface area contributed by atoms with Crippen molar-refractivity contribution in [1.29, 1.82) is 0 Å². The van der Waals surface area contributed by atoms with Crippen molar-refractivity contribution >= 4 is 10.0 Å². The molecule has 0 amide bonds. The fourth-order valence-electron chi connectivity index (χ4n) is 1.02. The smallest absolute Gasteiger partial charge is 0.250 e. The summed E-state index contributed by atoms with van der Waals surface area (Å²) in [7, 11) is -4.55. The van der Waals surface area contributed by atoms with Gasteiger partial charge in [0.25, 0.3) is 6.43 Å². The number of sulfonamides is 1. The van der Waals surface area contributed by atoms with Gasteiger partial charge in [-0.15, -0.1) is 0 Å². The average molecular weight is 276 g/mol. The lowest BCUT2D eigenvalue weighted by atomic mass is 10.2. The highest BCUT2D eigenvalue weighted by Crippen LogP contribution is 2.32. The molecule has 0 atom stereocenters. The second-order valence-corrected chi connectivity index (χ2v) is 4.48. The molecule has 0 unspecified atom stereocenters. The Bertz CT molecular complexity index is 526. The van der Waals surface area contributed by atoms with Crippen LogP contribution in [-0.4, -0.2) is 13.4 Å². The fourth-order valence-corrected chi connectivity index (χ4v) is 1.70. The van der Waals surface area contributed by atoms with E-state index in [-0.39, 0.29) is 12.3 Å². The van der Waals surface area contributed by atoms with Gasteiger partial charge < -0.3 is 0 Å². The quantitative estimate of drug-likeness (QED) is 0.835. The van der Waals surface area contributed by atoms with Gasteiger partial charge >= 0.3 is 6.18 Å². The first-order chi connectivity index (χ1) is 7.53. The van der Waals surface area contributed by atoms with E-state index in [0.717, 1.165) is 0 Å². The predicted molar refractivity (Wildman–Crippen MR) is 45.6 cm³/mol. The minimum absolute atomic E-state index is 0.0373. The van der Waals surface area contributed by atoms with E-state index >= 15 is 0 Å². The van der Waals surface area contributed by atoms with Gasteiger partial charge in [0, 0.05) is 11.8 Å². The predicted octanol–water partition coefficient (Wildman–Crippen LogP) is 1.69. The normalized spacial score (nSPS) is 13.1. The maximum absolute atomic E-state index is 12.4. The van der Waals surface area contributed by atoms with Crippen LogP contribution >= 0.6 is 0 Å². The molecule has 0 fully saturated rings. The second kappa shape index (κ2) is 4.18. The van der Waals surface area contributed by atoms with Crippen molar-refractivity contribution in [3.63, 3.8) is 0 Å². The third-order valence-corrected chi connectivity index (χ3v) is 2.68. The second-order valence-electron chi connectivity index (χ2n) is 2.95. The van der Waals surface area contributed by atoms with Crippen molar-refractivity contribution in [1.82, 2.24) is 4.98 Å². The molecule has 1 aromatic rings. The van der Waals surface area contributed by atoms with Gasteiger partial charge in [-0.3, -0.25) is 4.98 Å². The minimum atomic E-state index is -4.94. The lowest BCUT2D eigenvalue weighted by Gasteiger charge is -2.10. The fraction of sp³-hybridized carbons (Fsp3) is 0.286. The van der Waals surface area contributed by atoms with Gasteiger partial charge in [-0.05, 0) is 6.07 Å². The summed E-state index contributed by atoms with van der Waals surface area (Å²) in [5.41, 5.74) is -2.94. The van der Waals surface area contributed by atoms with E-state index in [2.05, 4.69) is 10.1 Å². The third-order valence-electron chi connectivity index (χ3n) is 1.73. The molecular formula is C7H5F5N2O2S. The molecule has 17 heavy (non-hydrogen) atoms. The van der Waals surface area contributed by atoms with Crippen molar-refractivity contribution in [2.75, 3.05) is 0 Å². The highest BCUT2D eigenvalue weighted by atomic mass is 32.2. The number of aromatic nitrogens is 1. The lowest BCUT2D eigenvalue weighted by molar-refractivity contribution is -0.141. The molecule has 0 aromatic carbocycles. The van der Waals surface area contributed by atoms with Gasteiger partial charge in [0.05, 0.1) is 0 Å². The molecule has 0 aliphatic rings. The van der Waals surface area contributed by atoms with Gasteiger partial charge in [0.1, 0.15) is 10.6 Å². The summed E-state index contributed by atoms with van der Waals surface area (Å²) in [5.74, 6) is 0. The summed E-state index contributed by atoms with van der Waals surface area (Å²) < 4.78 is 83.0. The van der Waals surface area contributed by atoms with Crippen LogP contribution in [0.15, 0.2) is 17.2 Å². The van der Waals surface area contributed by atoms with Crippen LogP contribution in [-0.2, 0) is 16.2 Å². The van der Waals surface area contributed by atoms with E-state index in [4.69, 9.17) is 0 Å². The molecule has 0 saturated carbocycles. The monoisotopic (exact) mass is 276 g/mol. The van der Waals surface area contributed by atoms with Crippen LogP contribution in [0.2, 0.25) is 0 Å². The third kappa shape index (κ3) is 3.09. The molecule has 4 nitrogen and oxygen atoms in total. The number of nitrogens with zero attached hydrogens (tertiary/aromatic N) is 1. The average Bonchev–Trinajstić information content (AvgIpc) is 2.14. The van der Waals surface area contributed by atoms with Gasteiger partial charge in [-0.25, -0.2) is 22.3 Å². The minimum Gasteiger partial charge on any atom is -0.250 e. The standard InChI is InChI=1S/C7H5F5N2O2S/c8-6(9)3-1-5(7(10,11)12)14-2-4(3)17(13,15)16/h1-2,6H,(H2,13,15,16). The Kier molecular flexibility index (Phi) is 3.39. The highest BCUT2D eigenvalue weighted by molar-refractivity contribution is 7.89. The number of nitrogens with two attached hydrogens (primary N) is 1. The van der Waals surface area contributed by atoms with Crippen LogP contribution in [0.4, 0.5) is 22.0 Å². The zero-order chi connectivity index (χ0) is 13.4. The molecular weight excluding hydrogens is 271 g/mol. The molecule has 0 aliphatic carbocycles. The zero-order valence-electron chi connectivity index (χ0n) is 7.87. The number of pyridine rings is 1. The highest BCUT2D eigenvalue weighted by Gasteiger charge is 2.35. The molecule has 96 valence electrons. The summed E-state index contributed by atoms with van der Waals surface area (Å²) >= 11 is 0. The first kappa shape index (κ1) is 13.8. The van der Waals surface area contributed by atoms with Crippen LogP contribution in [0.5, 0.6) is 0 Å². The zero-order valence-corrected chi connectivity index (χ0v) is 8.69. The molecule has 1 aromatic heterocycles. The molecule has 10 heteroatoms. The van der Waals surface area contributed by atoms with Crippen molar-refractivity contribution in [3.8, 4) is 0 Å². The number of hydrogen-bond acceptors (Lipinski definition) is 3. The summed E-state index contributed by atoms with van der Waals surface area (Å²) in [6.45, 7) is 0. The van der Waals surface area contributed by atoms with Gasteiger partial charge in [0.15, 0.2) is 0 Å². The maximum atomic E-state index is 12.4. The number of alkyl halides is 5. The van der Waals surface area contributed by atoms with Crippen LogP contribution in [0.1, 0.15) is 17.7 Å². The molecule has 2 N–H and O–H groups in total. The SMILES string of the molecule is NS(=O)(=O)c1cnc(C(F)(F)F)cc1C(F)F. The number of halogens is 5. The van der Waals surface area contributed by atoms with Crippen LogP contribution in [0, 0.1) is 0 Å². The van der Waals surface area contributed by atoms with E-state index in [1.54, 1.807) is 0 Å². The lowest BCUT2D eigenvalue weighted by Crippen LogP contribution is -2.17. The Hall–Kier alpha value is -1.29. The first-order valence-corrected chi connectivity index (χ1v) is 5.46. The molecule has 0 spiro atoms. The molecule has 0 aliphatic heterocycles. The van der Waals surface area contributed by atoms with Crippen LogP contribution in [0.25, 0.3) is 0 Å². The number of rotatable bonds is 2. The molecule has 1 heterocycles. The topological polar surface area (TPSA) is 73.1 Å². The Labute approximate surface area is 92.3 Å². The van der Waals surface area contributed by atoms with Crippen molar-refractivity contribution in [2.45, 2.75) is 17.5 Å². The van der Waals surface area contributed by atoms with E-state index in [1.807, 2.05) is 0 Å². The first-order valence-electron chi connectivity index (χ1n) is 3.91. The number of hydrogen-bond donors (Lipinski definition) is 1. The van der Waals surface area contributed by atoms with Crippen molar-refractivity contribution in [3.05, 3.63) is 23.5 Å². The van der Waals surface area contributed by atoms with E-state index in [9.17, 15) is 30.4 Å². The Morgan fingerprint density at radius 3 is 2.18 bits per heavy atom. The largest absolute Gasteiger partial charge is 0.433 e. The van der Waals surface area contributed by atoms with Gasteiger partial charge in [-0.1, -0.05) is 0 Å². The van der Waals surface area contributed by atoms with Gasteiger partial charge in [-0.2, -0.15) is 13.2 Å².